The van der Waals surface area contributed by atoms with Crippen LogP contribution in [0.15, 0.2) is 24.3 Å². The van der Waals surface area contributed by atoms with Crippen LogP contribution in [0.5, 0.6) is 0 Å². The first-order chi connectivity index (χ1) is 8.72. The van der Waals surface area contributed by atoms with Crippen molar-refractivity contribution in [3.8, 4) is 0 Å². The minimum Gasteiger partial charge on any atom is -0.345 e. The Hall–Kier alpha value is -1.95. The van der Waals surface area contributed by atoms with Gasteiger partial charge in [0.2, 0.25) is 0 Å². The Kier molecular flexibility index (Phi) is 2.71. The molecule has 0 unspecified atom stereocenters. The molecule has 2 N–H and O–H groups in total. The van der Waals surface area contributed by atoms with Gasteiger partial charge in [-0.15, -0.1) is 0 Å². The summed E-state index contributed by atoms with van der Waals surface area (Å²) in [4.78, 5) is 27.3. The average molecular weight is 261 g/mol. The molecule has 0 aliphatic heterocycles. The molecule has 18 heavy (non-hydrogen) atoms. The van der Waals surface area contributed by atoms with Gasteiger partial charge in [-0.25, -0.2) is 4.98 Å². The van der Waals surface area contributed by atoms with Crippen molar-refractivity contribution in [2.45, 2.75) is 18.9 Å². The molecule has 0 atom stereocenters. The molecule has 3 rings (SSSR count). The van der Waals surface area contributed by atoms with E-state index in [-0.39, 0.29) is 6.04 Å². The van der Waals surface area contributed by atoms with Crippen molar-refractivity contribution in [1.29, 1.82) is 0 Å². The normalized spacial score (nSPS) is 14.4. The quantitative estimate of drug-likeness (QED) is 0.805. The summed E-state index contributed by atoms with van der Waals surface area (Å²) >= 11 is 1.35. The monoisotopic (exact) mass is 261 g/mol. The number of nitrogens with one attached hydrogen (secondary N) is 2. The highest BCUT2D eigenvalue weighted by Crippen LogP contribution is 2.25. The Labute approximate surface area is 107 Å². The second-order valence-corrected chi connectivity index (χ2v) is 5.22. The molecule has 0 saturated heterocycles. The third-order valence-electron chi connectivity index (χ3n) is 2.63. The number of amides is 2. The van der Waals surface area contributed by atoms with Gasteiger partial charge in [0.05, 0.1) is 10.2 Å². The molecule has 1 fully saturated rings. The fourth-order valence-electron chi connectivity index (χ4n) is 1.56. The minimum absolute atomic E-state index is 0.179. The number of thiazole rings is 1. The highest BCUT2D eigenvalue weighted by Gasteiger charge is 2.26. The van der Waals surface area contributed by atoms with E-state index >= 15 is 0 Å². The Morgan fingerprint density at radius 3 is 2.72 bits per heavy atom. The van der Waals surface area contributed by atoms with Gasteiger partial charge in [0, 0.05) is 6.04 Å². The SMILES string of the molecule is O=C(Nc1nc2ccccc2s1)C(=O)NC1CC1. The van der Waals surface area contributed by atoms with Gasteiger partial charge in [-0.1, -0.05) is 23.5 Å². The summed E-state index contributed by atoms with van der Waals surface area (Å²) in [5.74, 6) is -1.24. The molecular weight excluding hydrogens is 250 g/mol. The summed E-state index contributed by atoms with van der Waals surface area (Å²) < 4.78 is 0.982. The third-order valence-corrected chi connectivity index (χ3v) is 3.58. The van der Waals surface area contributed by atoms with Crippen molar-refractivity contribution in [2.75, 3.05) is 5.32 Å². The number of hydrogen-bond acceptors (Lipinski definition) is 4. The van der Waals surface area contributed by atoms with Crippen LogP contribution in [0.2, 0.25) is 0 Å². The van der Waals surface area contributed by atoms with Crippen molar-refractivity contribution < 1.29 is 9.59 Å². The number of anilines is 1. The molecule has 0 spiro atoms. The number of benzene rings is 1. The van der Waals surface area contributed by atoms with Gasteiger partial charge in [0.25, 0.3) is 0 Å². The fourth-order valence-corrected chi connectivity index (χ4v) is 2.42. The van der Waals surface area contributed by atoms with Gasteiger partial charge in [0.15, 0.2) is 5.13 Å². The molecular formula is C12H11N3O2S. The lowest BCUT2D eigenvalue weighted by Gasteiger charge is -2.01. The predicted octanol–water partition coefficient (Wildman–Crippen LogP) is 1.51. The van der Waals surface area contributed by atoms with Crippen molar-refractivity contribution in [3.63, 3.8) is 0 Å². The van der Waals surface area contributed by atoms with Gasteiger partial charge in [-0.3, -0.25) is 14.9 Å². The number of carbonyl (C=O) groups is 2. The number of aromatic nitrogens is 1. The highest BCUT2D eigenvalue weighted by molar-refractivity contribution is 7.22. The Morgan fingerprint density at radius 1 is 1.22 bits per heavy atom. The largest absolute Gasteiger partial charge is 0.345 e. The summed E-state index contributed by atoms with van der Waals surface area (Å²) in [5.41, 5.74) is 0.820. The lowest BCUT2D eigenvalue weighted by Crippen LogP contribution is -2.36. The van der Waals surface area contributed by atoms with Gasteiger partial charge in [-0.2, -0.15) is 0 Å². The van der Waals surface area contributed by atoms with E-state index in [1.54, 1.807) is 0 Å². The topological polar surface area (TPSA) is 71.1 Å². The maximum absolute atomic E-state index is 11.6. The summed E-state index contributed by atoms with van der Waals surface area (Å²) in [6.45, 7) is 0. The summed E-state index contributed by atoms with van der Waals surface area (Å²) in [6.07, 6.45) is 1.92. The molecule has 92 valence electrons. The van der Waals surface area contributed by atoms with Crippen molar-refractivity contribution in [1.82, 2.24) is 10.3 Å². The molecule has 2 aromatic rings. The van der Waals surface area contributed by atoms with E-state index in [4.69, 9.17) is 0 Å². The number of hydrogen-bond donors (Lipinski definition) is 2. The van der Waals surface area contributed by atoms with Crippen LogP contribution in [0.25, 0.3) is 10.2 Å². The van der Waals surface area contributed by atoms with E-state index in [0.29, 0.717) is 5.13 Å². The molecule has 5 nitrogen and oxygen atoms in total. The van der Waals surface area contributed by atoms with Crippen LogP contribution in [0.3, 0.4) is 0 Å². The van der Waals surface area contributed by atoms with Crippen LogP contribution in [0.4, 0.5) is 5.13 Å². The zero-order valence-electron chi connectivity index (χ0n) is 9.47. The standard InChI is InChI=1S/C12H11N3O2S/c16-10(13-7-5-6-7)11(17)15-12-14-8-3-1-2-4-9(8)18-12/h1-4,7H,5-6H2,(H,13,16)(H,14,15,17). The van der Waals surface area contributed by atoms with Crippen LogP contribution in [0, 0.1) is 0 Å². The molecule has 1 aromatic heterocycles. The molecule has 2 amide bonds. The summed E-state index contributed by atoms with van der Waals surface area (Å²) in [5, 5.41) is 5.61. The maximum Gasteiger partial charge on any atom is 0.315 e. The minimum atomic E-state index is -0.652. The molecule has 0 bridgehead atoms. The first-order valence-corrected chi connectivity index (χ1v) is 6.51. The Morgan fingerprint density at radius 2 is 2.00 bits per heavy atom. The zero-order valence-corrected chi connectivity index (χ0v) is 10.3. The smallest absolute Gasteiger partial charge is 0.315 e. The van der Waals surface area contributed by atoms with E-state index in [2.05, 4.69) is 15.6 Å². The van der Waals surface area contributed by atoms with E-state index in [0.717, 1.165) is 23.1 Å². The lowest BCUT2D eigenvalue weighted by atomic mass is 10.3. The van der Waals surface area contributed by atoms with Crippen LogP contribution >= 0.6 is 11.3 Å². The number of fused-ring (bicyclic) bond motifs is 1. The molecule has 1 aromatic carbocycles. The first-order valence-electron chi connectivity index (χ1n) is 5.70. The van der Waals surface area contributed by atoms with Gasteiger partial charge < -0.3 is 5.32 Å². The van der Waals surface area contributed by atoms with Crippen LogP contribution in [-0.2, 0) is 9.59 Å². The van der Waals surface area contributed by atoms with E-state index < -0.39 is 11.8 Å². The Balaban J connectivity index is 1.70. The number of para-hydroxylation sites is 1. The lowest BCUT2D eigenvalue weighted by molar-refractivity contribution is -0.136. The summed E-state index contributed by atoms with van der Waals surface area (Å²) in [7, 11) is 0. The van der Waals surface area contributed by atoms with Crippen molar-refractivity contribution in [3.05, 3.63) is 24.3 Å². The van der Waals surface area contributed by atoms with Gasteiger partial charge >= 0.3 is 11.8 Å². The molecule has 1 saturated carbocycles. The van der Waals surface area contributed by atoms with E-state index in [1.165, 1.54) is 11.3 Å². The Bertz CT molecular complexity index is 586. The van der Waals surface area contributed by atoms with Crippen LogP contribution in [-0.4, -0.2) is 22.8 Å². The second kappa shape index (κ2) is 4.38. The number of carbonyl (C=O) groups excluding carboxylic acids is 2. The van der Waals surface area contributed by atoms with Crippen molar-refractivity contribution in [2.24, 2.45) is 0 Å². The van der Waals surface area contributed by atoms with Crippen molar-refractivity contribution >= 4 is 38.5 Å². The highest BCUT2D eigenvalue weighted by atomic mass is 32.1. The van der Waals surface area contributed by atoms with E-state index in [1.807, 2.05) is 24.3 Å². The second-order valence-electron chi connectivity index (χ2n) is 4.19. The van der Waals surface area contributed by atoms with Crippen LogP contribution < -0.4 is 10.6 Å². The van der Waals surface area contributed by atoms with Gasteiger partial charge in [0.1, 0.15) is 0 Å². The number of nitrogens with zero attached hydrogens (tertiary/aromatic N) is 1. The third kappa shape index (κ3) is 2.33. The van der Waals surface area contributed by atoms with Gasteiger partial charge in [-0.05, 0) is 25.0 Å². The molecule has 6 heteroatoms. The molecule has 0 radical (unpaired) electrons. The summed E-state index contributed by atoms with van der Waals surface area (Å²) in [6, 6.07) is 7.76. The molecule has 1 aliphatic carbocycles. The fraction of sp³-hybridized carbons (Fsp3) is 0.250. The maximum atomic E-state index is 11.6. The predicted molar refractivity (Wildman–Crippen MR) is 69.4 cm³/mol. The molecule has 1 aliphatic rings. The molecule has 1 heterocycles. The first kappa shape index (κ1) is 11.2. The average Bonchev–Trinajstić information content (AvgIpc) is 3.07. The number of rotatable bonds is 2. The van der Waals surface area contributed by atoms with E-state index in [9.17, 15) is 9.59 Å². The van der Waals surface area contributed by atoms with Crippen LogP contribution in [0.1, 0.15) is 12.8 Å². The zero-order chi connectivity index (χ0) is 12.5.